The van der Waals surface area contributed by atoms with Crippen LogP contribution in [0.4, 0.5) is 5.69 Å². The minimum atomic E-state index is -1.02. The number of hydrogen-bond donors (Lipinski definition) is 2. The van der Waals surface area contributed by atoms with E-state index in [0.29, 0.717) is 27.5 Å². The molecule has 2 N–H and O–H groups in total. The second-order valence-corrected chi connectivity index (χ2v) is 6.61. The average Bonchev–Trinajstić information content (AvgIpc) is 2.85. The molecule has 2 aromatic rings. The summed E-state index contributed by atoms with van der Waals surface area (Å²) < 4.78 is 5.24. The molecule has 0 spiro atoms. The number of aromatic amines is 1. The molecule has 1 heterocycles. The second-order valence-electron chi connectivity index (χ2n) is 6.18. The number of benzene rings is 1. The fourth-order valence-corrected chi connectivity index (χ4v) is 2.89. The van der Waals surface area contributed by atoms with Crippen LogP contribution in [0.5, 0.6) is 0 Å². The zero-order valence-electron chi connectivity index (χ0n) is 15.3. The Balaban J connectivity index is 2.12. The fourth-order valence-electron chi connectivity index (χ4n) is 2.72. The van der Waals surface area contributed by atoms with Gasteiger partial charge in [0.2, 0.25) is 0 Å². The van der Waals surface area contributed by atoms with Gasteiger partial charge in [0.05, 0.1) is 0 Å². The minimum Gasteiger partial charge on any atom is -0.448 e. The van der Waals surface area contributed by atoms with Crippen LogP contribution in [0.25, 0.3) is 0 Å². The number of nitrogens with one attached hydrogen (secondary N) is 2. The maximum absolute atomic E-state index is 12.4. The van der Waals surface area contributed by atoms with Crippen LogP contribution in [-0.4, -0.2) is 28.7 Å². The van der Waals surface area contributed by atoms with Crippen LogP contribution in [0.15, 0.2) is 18.2 Å². The highest BCUT2D eigenvalue weighted by Crippen LogP contribution is 2.22. The normalized spacial score (nSPS) is 11.8. The van der Waals surface area contributed by atoms with Crippen LogP contribution in [0.1, 0.15) is 51.5 Å². The smallest absolute Gasteiger partial charge is 0.355 e. The molecule has 26 heavy (non-hydrogen) atoms. The third-order valence-corrected chi connectivity index (χ3v) is 4.34. The van der Waals surface area contributed by atoms with Gasteiger partial charge in [-0.25, -0.2) is 4.79 Å². The largest absolute Gasteiger partial charge is 0.448 e. The van der Waals surface area contributed by atoms with Crippen molar-refractivity contribution in [1.82, 2.24) is 4.98 Å². The van der Waals surface area contributed by atoms with Crippen molar-refractivity contribution in [2.45, 2.75) is 40.7 Å². The summed E-state index contributed by atoms with van der Waals surface area (Å²) in [5.74, 6) is -1.31. The summed E-state index contributed by atoms with van der Waals surface area (Å²) in [6.07, 6.45) is -1.02. The molecule has 0 saturated carbocycles. The van der Waals surface area contributed by atoms with E-state index in [0.717, 1.165) is 5.56 Å². The number of halogens is 1. The number of anilines is 1. The zero-order chi connectivity index (χ0) is 19.6. The molecular formula is C19H21ClN2O4. The highest BCUT2D eigenvalue weighted by Gasteiger charge is 2.25. The number of ketones is 1. The lowest BCUT2D eigenvalue weighted by Gasteiger charge is -2.15. The Bertz CT molecular complexity index is 886. The number of ether oxygens (including phenoxy) is 1. The third kappa shape index (κ3) is 4.14. The number of aromatic nitrogens is 1. The molecule has 0 bridgehead atoms. The number of carbonyl (C=O) groups is 3. The number of hydrogen-bond acceptors (Lipinski definition) is 4. The van der Waals surface area contributed by atoms with Gasteiger partial charge in [-0.3, -0.25) is 9.59 Å². The van der Waals surface area contributed by atoms with Crippen molar-refractivity contribution in [1.29, 1.82) is 0 Å². The molecule has 0 aliphatic heterocycles. The van der Waals surface area contributed by atoms with Gasteiger partial charge in [0.15, 0.2) is 11.9 Å². The Morgan fingerprint density at radius 2 is 1.85 bits per heavy atom. The number of Topliss-reactive ketones (excluding diaryl/α,β-unsaturated/α-hetero) is 1. The maximum Gasteiger partial charge on any atom is 0.355 e. The molecule has 7 heteroatoms. The Morgan fingerprint density at radius 1 is 1.19 bits per heavy atom. The van der Waals surface area contributed by atoms with E-state index in [1.807, 2.05) is 6.92 Å². The van der Waals surface area contributed by atoms with E-state index < -0.39 is 18.0 Å². The van der Waals surface area contributed by atoms with Gasteiger partial charge < -0.3 is 15.0 Å². The minimum absolute atomic E-state index is 0.141. The Morgan fingerprint density at radius 3 is 2.42 bits per heavy atom. The molecule has 0 saturated heterocycles. The van der Waals surface area contributed by atoms with Crippen LogP contribution >= 0.6 is 11.6 Å². The summed E-state index contributed by atoms with van der Waals surface area (Å²) >= 11 is 5.94. The Hall–Kier alpha value is -2.60. The van der Waals surface area contributed by atoms with Crippen molar-refractivity contribution >= 4 is 34.9 Å². The lowest BCUT2D eigenvalue weighted by molar-refractivity contribution is -0.123. The van der Waals surface area contributed by atoms with E-state index in [9.17, 15) is 14.4 Å². The van der Waals surface area contributed by atoms with E-state index in [-0.39, 0.29) is 11.5 Å². The van der Waals surface area contributed by atoms with Crippen LogP contribution < -0.4 is 5.32 Å². The molecule has 0 aliphatic carbocycles. The number of carbonyl (C=O) groups excluding carboxylic acids is 3. The molecule has 0 fully saturated rings. The summed E-state index contributed by atoms with van der Waals surface area (Å²) in [4.78, 5) is 39.2. The second kappa shape index (κ2) is 7.74. The molecular weight excluding hydrogens is 356 g/mol. The fraction of sp³-hybridized carbons (Fsp3) is 0.316. The average molecular weight is 377 g/mol. The molecule has 0 unspecified atom stereocenters. The van der Waals surface area contributed by atoms with Gasteiger partial charge in [0.1, 0.15) is 5.69 Å². The highest BCUT2D eigenvalue weighted by atomic mass is 35.5. The molecule has 1 aromatic carbocycles. The molecule has 0 radical (unpaired) electrons. The van der Waals surface area contributed by atoms with Crippen molar-refractivity contribution in [3.05, 3.63) is 51.3 Å². The standard InChI is InChI=1S/C19H21ClN2O4/c1-9-6-7-14(20)8-15(9)22-18(24)13(5)26-19(25)17-10(2)16(12(4)23)11(3)21-17/h6-8,13,21H,1-5H3,(H,22,24)/t13-/m0/s1. The maximum atomic E-state index is 12.4. The first-order valence-electron chi connectivity index (χ1n) is 8.10. The monoisotopic (exact) mass is 376 g/mol. The zero-order valence-corrected chi connectivity index (χ0v) is 16.1. The molecule has 1 aromatic heterocycles. The molecule has 138 valence electrons. The quantitative estimate of drug-likeness (QED) is 0.610. The van der Waals surface area contributed by atoms with Gasteiger partial charge in [-0.2, -0.15) is 0 Å². The summed E-state index contributed by atoms with van der Waals surface area (Å²) in [7, 11) is 0. The molecule has 1 amide bonds. The van der Waals surface area contributed by atoms with Gasteiger partial charge in [-0.1, -0.05) is 17.7 Å². The van der Waals surface area contributed by atoms with Gasteiger partial charge in [0, 0.05) is 22.0 Å². The predicted molar refractivity (Wildman–Crippen MR) is 100.0 cm³/mol. The van der Waals surface area contributed by atoms with Crippen LogP contribution in [0.3, 0.4) is 0 Å². The molecule has 0 aliphatic rings. The topological polar surface area (TPSA) is 88.3 Å². The van der Waals surface area contributed by atoms with Crippen LogP contribution in [-0.2, 0) is 9.53 Å². The van der Waals surface area contributed by atoms with E-state index in [1.165, 1.54) is 13.8 Å². The summed E-state index contributed by atoms with van der Waals surface area (Å²) in [5.41, 5.74) is 3.13. The molecule has 1 atom stereocenters. The predicted octanol–water partition coefficient (Wildman–Crippen LogP) is 3.98. The van der Waals surface area contributed by atoms with Crippen LogP contribution in [0.2, 0.25) is 5.02 Å². The van der Waals surface area contributed by atoms with Gasteiger partial charge >= 0.3 is 5.97 Å². The number of rotatable bonds is 5. The number of amides is 1. The van der Waals surface area contributed by atoms with Crippen molar-refractivity contribution < 1.29 is 19.1 Å². The summed E-state index contributed by atoms with van der Waals surface area (Å²) in [5, 5.41) is 3.18. The van der Waals surface area contributed by atoms with Gasteiger partial charge in [-0.15, -0.1) is 0 Å². The van der Waals surface area contributed by atoms with Crippen molar-refractivity contribution in [3.63, 3.8) is 0 Å². The van der Waals surface area contributed by atoms with Crippen molar-refractivity contribution in [2.24, 2.45) is 0 Å². The van der Waals surface area contributed by atoms with E-state index in [4.69, 9.17) is 16.3 Å². The Kier molecular flexibility index (Phi) is 5.87. The number of H-pyrrole nitrogens is 1. The lowest BCUT2D eigenvalue weighted by Crippen LogP contribution is -2.30. The first-order valence-corrected chi connectivity index (χ1v) is 8.47. The summed E-state index contributed by atoms with van der Waals surface area (Å²) in [6, 6.07) is 5.13. The SMILES string of the molecule is CC(=O)c1c(C)[nH]c(C(=O)O[C@@H](C)C(=O)Nc2cc(Cl)ccc2C)c1C. The number of esters is 1. The third-order valence-electron chi connectivity index (χ3n) is 4.10. The van der Waals surface area contributed by atoms with Gasteiger partial charge in [0.25, 0.3) is 5.91 Å². The summed E-state index contributed by atoms with van der Waals surface area (Å²) in [6.45, 7) is 8.11. The van der Waals surface area contributed by atoms with Crippen molar-refractivity contribution in [2.75, 3.05) is 5.32 Å². The lowest BCUT2D eigenvalue weighted by atomic mass is 10.1. The molecule has 2 rings (SSSR count). The van der Waals surface area contributed by atoms with E-state index in [1.54, 1.807) is 32.0 Å². The van der Waals surface area contributed by atoms with E-state index in [2.05, 4.69) is 10.3 Å². The highest BCUT2D eigenvalue weighted by molar-refractivity contribution is 6.31. The number of aryl methyl sites for hydroxylation is 2. The van der Waals surface area contributed by atoms with Gasteiger partial charge in [-0.05, 0) is 57.9 Å². The van der Waals surface area contributed by atoms with Crippen molar-refractivity contribution in [3.8, 4) is 0 Å². The van der Waals surface area contributed by atoms with Crippen LogP contribution in [0, 0.1) is 20.8 Å². The first-order chi connectivity index (χ1) is 12.1. The molecule has 6 nitrogen and oxygen atoms in total. The first kappa shape index (κ1) is 19.7. The van der Waals surface area contributed by atoms with E-state index >= 15 is 0 Å². The Labute approximate surface area is 156 Å².